The van der Waals surface area contributed by atoms with Crippen molar-refractivity contribution in [3.05, 3.63) is 47.7 Å². The molecule has 0 unspecified atom stereocenters. The van der Waals surface area contributed by atoms with Gasteiger partial charge in [0.15, 0.2) is 5.82 Å². The zero-order valence-corrected chi connectivity index (χ0v) is 19.7. The summed E-state index contributed by atoms with van der Waals surface area (Å²) in [5, 5.41) is 17.7. The molecule has 3 N–H and O–H groups in total. The van der Waals surface area contributed by atoms with Crippen molar-refractivity contribution in [1.82, 2.24) is 30.3 Å². The van der Waals surface area contributed by atoms with Crippen LogP contribution < -0.4 is 15.4 Å². The number of aryl methyl sites for hydroxylation is 1. The second-order valence-electron chi connectivity index (χ2n) is 7.88. The third-order valence-corrected chi connectivity index (χ3v) is 5.47. The fraction of sp³-hybridized carbons (Fsp3) is 0.304. The van der Waals surface area contributed by atoms with Gasteiger partial charge in [-0.1, -0.05) is 6.07 Å². The molecule has 2 aromatic carbocycles. The third kappa shape index (κ3) is 5.40. The quantitative estimate of drug-likeness (QED) is 0.318. The Labute approximate surface area is 203 Å². The summed E-state index contributed by atoms with van der Waals surface area (Å²) in [4.78, 5) is 16.9. The molecule has 0 saturated heterocycles. The maximum absolute atomic E-state index is 12.5. The van der Waals surface area contributed by atoms with E-state index >= 15 is 0 Å². The highest BCUT2D eigenvalue weighted by molar-refractivity contribution is 5.97. The highest BCUT2D eigenvalue weighted by atomic mass is 19.4. The number of anilines is 2. The van der Waals surface area contributed by atoms with E-state index in [-0.39, 0.29) is 11.3 Å². The number of amides is 1. The number of ether oxygens (including phenoxy) is 2. The third-order valence-electron chi connectivity index (χ3n) is 5.47. The molecule has 1 amide bonds. The first-order valence-electron chi connectivity index (χ1n) is 10.9. The fourth-order valence-electron chi connectivity index (χ4n) is 3.60. The normalized spacial score (nSPS) is 11.6. The zero-order chi connectivity index (χ0) is 25.9. The molecule has 4 rings (SSSR count). The maximum atomic E-state index is 12.5. The molecule has 0 radical (unpaired) electrons. The van der Waals surface area contributed by atoms with Gasteiger partial charge in [0.2, 0.25) is 5.95 Å². The van der Waals surface area contributed by atoms with Crippen molar-refractivity contribution in [2.24, 2.45) is 0 Å². The number of fused-ring (bicyclic) bond motifs is 1. The lowest BCUT2D eigenvalue weighted by atomic mass is 10.1. The number of halogens is 3. The van der Waals surface area contributed by atoms with Crippen molar-refractivity contribution in [3.63, 3.8) is 0 Å². The first kappa shape index (κ1) is 25.0. The van der Waals surface area contributed by atoms with Crippen LogP contribution in [0, 0.1) is 6.92 Å². The largest absolute Gasteiger partial charge is 0.496 e. The molecule has 13 heteroatoms. The summed E-state index contributed by atoms with van der Waals surface area (Å²) in [5.41, 5.74) is 3.17. The van der Waals surface area contributed by atoms with E-state index in [0.717, 1.165) is 22.2 Å². The number of H-pyrrole nitrogens is 1. The lowest BCUT2D eigenvalue weighted by Gasteiger charge is -2.11. The van der Waals surface area contributed by atoms with Crippen LogP contribution in [0.15, 0.2) is 36.5 Å². The topological polar surface area (TPSA) is 119 Å². The molecular formula is C23H24F3N7O3. The maximum Gasteiger partial charge on any atom is 0.405 e. The number of nitrogens with one attached hydrogen (secondary N) is 3. The highest BCUT2D eigenvalue weighted by Gasteiger charge is 2.28. The van der Waals surface area contributed by atoms with Crippen molar-refractivity contribution in [1.29, 1.82) is 0 Å². The Morgan fingerprint density at radius 1 is 1.19 bits per heavy atom. The molecule has 0 aliphatic rings. The number of alkyl halides is 3. The van der Waals surface area contributed by atoms with Gasteiger partial charge in [0.25, 0.3) is 5.91 Å². The highest BCUT2D eigenvalue weighted by Crippen LogP contribution is 2.29. The Kier molecular flexibility index (Phi) is 7.10. The summed E-state index contributed by atoms with van der Waals surface area (Å²) in [6.45, 7) is 1.32. The number of hydrogen-bond acceptors (Lipinski definition) is 7. The van der Waals surface area contributed by atoms with E-state index in [1.54, 1.807) is 24.1 Å². The number of methoxy groups -OCH3 is 2. The molecule has 0 atom stereocenters. The molecule has 10 nitrogen and oxygen atoms in total. The van der Waals surface area contributed by atoms with Gasteiger partial charge in [-0.2, -0.15) is 23.3 Å². The lowest BCUT2D eigenvalue weighted by molar-refractivity contribution is -0.123. The van der Waals surface area contributed by atoms with Crippen molar-refractivity contribution in [2.75, 3.05) is 32.7 Å². The number of rotatable bonds is 9. The number of benzene rings is 2. The van der Waals surface area contributed by atoms with E-state index in [1.807, 2.05) is 24.4 Å². The summed E-state index contributed by atoms with van der Waals surface area (Å²) in [6.07, 6.45) is -2.78. The Hall–Kier alpha value is -4.13. The first-order chi connectivity index (χ1) is 17.2. The number of aromatic nitrogens is 5. The summed E-state index contributed by atoms with van der Waals surface area (Å²) in [5.74, 6) is -0.0203. The van der Waals surface area contributed by atoms with E-state index in [4.69, 9.17) is 9.47 Å². The molecule has 36 heavy (non-hydrogen) atoms. The average Bonchev–Trinajstić information content (AvgIpc) is 3.49. The lowest BCUT2D eigenvalue weighted by Crippen LogP contribution is -2.33. The van der Waals surface area contributed by atoms with Crippen molar-refractivity contribution >= 4 is 28.4 Å². The van der Waals surface area contributed by atoms with Crippen LogP contribution in [-0.2, 0) is 11.3 Å². The standard InChI is InChI=1S/C23H24F3N7O3/c1-13-16-11-28-31-18(16)7-6-17(13)29-22-30-20(32-33(22)8-9-35-2)14-4-5-15(19(10-14)36-3)21(34)27-12-23(24,25)26/h4-7,10-11H,8-9,12H2,1-3H3,(H,27,34)(H,28,31)(H,29,30,32). The predicted molar refractivity (Wildman–Crippen MR) is 126 cm³/mol. The van der Waals surface area contributed by atoms with E-state index in [2.05, 4.69) is 25.6 Å². The van der Waals surface area contributed by atoms with Gasteiger partial charge in [-0.05, 0) is 36.8 Å². The van der Waals surface area contributed by atoms with Crippen molar-refractivity contribution in [2.45, 2.75) is 19.6 Å². The monoisotopic (exact) mass is 503 g/mol. The molecule has 2 aromatic heterocycles. The minimum atomic E-state index is -4.52. The number of hydrogen-bond donors (Lipinski definition) is 3. The molecule has 0 saturated carbocycles. The Morgan fingerprint density at radius 3 is 2.72 bits per heavy atom. The van der Waals surface area contributed by atoms with Crippen LogP contribution in [0.2, 0.25) is 0 Å². The summed E-state index contributed by atoms with van der Waals surface area (Å²) < 4.78 is 49.6. The second-order valence-corrected chi connectivity index (χ2v) is 7.88. The average molecular weight is 503 g/mol. The molecule has 0 bridgehead atoms. The number of nitrogens with zero attached hydrogens (tertiary/aromatic N) is 4. The zero-order valence-electron chi connectivity index (χ0n) is 19.7. The van der Waals surface area contributed by atoms with E-state index in [9.17, 15) is 18.0 Å². The second kappa shape index (κ2) is 10.2. The molecule has 2 heterocycles. The van der Waals surface area contributed by atoms with Crippen LogP contribution in [0.3, 0.4) is 0 Å². The van der Waals surface area contributed by atoms with Crippen LogP contribution in [0.5, 0.6) is 5.75 Å². The van der Waals surface area contributed by atoms with Gasteiger partial charge in [-0.3, -0.25) is 9.89 Å². The molecule has 0 aliphatic carbocycles. The molecule has 0 fully saturated rings. The van der Waals surface area contributed by atoms with Gasteiger partial charge in [-0.15, -0.1) is 5.10 Å². The minimum Gasteiger partial charge on any atom is -0.496 e. The molecular weight excluding hydrogens is 479 g/mol. The summed E-state index contributed by atoms with van der Waals surface area (Å²) in [6, 6.07) is 8.24. The predicted octanol–water partition coefficient (Wildman–Crippen LogP) is 3.82. The Morgan fingerprint density at radius 2 is 2.00 bits per heavy atom. The minimum absolute atomic E-state index is 0.0355. The van der Waals surface area contributed by atoms with Gasteiger partial charge < -0.3 is 20.1 Å². The summed E-state index contributed by atoms with van der Waals surface area (Å²) >= 11 is 0. The molecule has 4 aromatic rings. The summed E-state index contributed by atoms with van der Waals surface area (Å²) in [7, 11) is 2.90. The van der Waals surface area contributed by atoms with Crippen LogP contribution in [-0.4, -0.2) is 64.4 Å². The van der Waals surface area contributed by atoms with Gasteiger partial charge in [0.1, 0.15) is 12.3 Å². The van der Waals surface area contributed by atoms with Gasteiger partial charge in [0.05, 0.1) is 37.5 Å². The van der Waals surface area contributed by atoms with E-state index < -0.39 is 18.6 Å². The first-order valence-corrected chi connectivity index (χ1v) is 10.9. The van der Waals surface area contributed by atoms with Crippen LogP contribution in [0.4, 0.5) is 24.8 Å². The van der Waals surface area contributed by atoms with Crippen LogP contribution in [0.1, 0.15) is 15.9 Å². The smallest absolute Gasteiger partial charge is 0.405 e. The Balaban J connectivity index is 1.64. The molecule has 0 spiro atoms. The van der Waals surface area contributed by atoms with Gasteiger partial charge in [0, 0.05) is 23.7 Å². The Bertz CT molecular complexity index is 1380. The van der Waals surface area contributed by atoms with Crippen LogP contribution in [0.25, 0.3) is 22.3 Å². The van der Waals surface area contributed by atoms with Gasteiger partial charge >= 0.3 is 6.18 Å². The molecule has 190 valence electrons. The van der Waals surface area contributed by atoms with Crippen LogP contribution >= 0.6 is 0 Å². The SMILES string of the molecule is COCCn1nc(-c2ccc(C(=O)NCC(F)(F)F)c(OC)c2)nc1Nc1ccc2[nH]ncc2c1C. The van der Waals surface area contributed by atoms with E-state index in [1.165, 1.54) is 19.2 Å². The fourth-order valence-corrected chi connectivity index (χ4v) is 3.60. The number of carbonyl (C=O) groups excluding carboxylic acids is 1. The van der Waals surface area contributed by atoms with Crippen molar-refractivity contribution < 1.29 is 27.4 Å². The van der Waals surface area contributed by atoms with Gasteiger partial charge in [-0.25, -0.2) is 4.68 Å². The number of carbonyl (C=O) groups is 1. The molecule has 0 aliphatic heterocycles. The van der Waals surface area contributed by atoms with Crippen molar-refractivity contribution in [3.8, 4) is 17.1 Å². The number of aromatic amines is 1. The van der Waals surface area contributed by atoms with E-state index in [0.29, 0.717) is 30.5 Å².